The Labute approximate surface area is 184 Å². The first kappa shape index (κ1) is 23.0. The molecule has 1 N–H and O–H groups in total. The monoisotopic (exact) mass is 424 g/mol. The van der Waals surface area contributed by atoms with Gasteiger partial charge in [-0.05, 0) is 16.5 Å². The van der Waals surface area contributed by atoms with Crippen LogP contribution >= 0.6 is 0 Å². The molecule has 1 saturated heterocycles. The van der Waals surface area contributed by atoms with E-state index in [1.165, 1.54) is 6.92 Å². The van der Waals surface area contributed by atoms with Crippen molar-refractivity contribution in [1.29, 1.82) is 0 Å². The van der Waals surface area contributed by atoms with Crippen LogP contribution in [-0.4, -0.2) is 45.1 Å². The van der Waals surface area contributed by atoms with Crippen LogP contribution in [0, 0.1) is 5.41 Å². The Hall–Kier alpha value is -2.70. The summed E-state index contributed by atoms with van der Waals surface area (Å²) in [6, 6.07) is 19.5. The first-order valence-electron chi connectivity index (χ1n) is 10.6. The molecule has 0 aromatic heterocycles. The second kappa shape index (κ2) is 9.20. The van der Waals surface area contributed by atoms with E-state index in [1.54, 1.807) is 0 Å². The van der Waals surface area contributed by atoms with Crippen molar-refractivity contribution < 1.29 is 19.5 Å². The van der Waals surface area contributed by atoms with E-state index in [-0.39, 0.29) is 12.5 Å². The van der Waals surface area contributed by atoms with Gasteiger partial charge in [-0.25, -0.2) is 0 Å². The number of rotatable bonds is 7. The van der Waals surface area contributed by atoms with Gasteiger partial charge in [-0.1, -0.05) is 81.4 Å². The molecule has 1 fully saturated rings. The van der Waals surface area contributed by atoms with E-state index in [4.69, 9.17) is 4.84 Å². The minimum atomic E-state index is -0.971. The molecule has 0 radical (unpaired) electrons. The molecule has 0 bridgehead atoms. The summed E-state index contributed by atoms with van der Waals surface area (Å²) in [5, 5.41) is 11.1. The number of hydroxylamine groups is 2. The standard InChI is InChI=1S/C25H32N2O4/c1-19(29)31-27-22(18-28)15-25(23(27)30,24(2,3)4)26(16-20-11-7-5-8-12-20)17-21-13-9-6-10-14-21/h5-14,22,28H,15-18H2,1-4H3/t22-,25+/m0/s1. The third-order valence-corrected chi connectivity index (χ3v) is 6.07. The quantitative estimate of drug-likeness (QED) is 0.736. The van der Waals surface area contributed by atoms with Crippen molar-refractivity contribution in [2.45, 2.75) is 58.8 Å². The molecule has 2 aromatic rings. The number of carbonyl (C=O) groups is 2. The second-order valence-corrected chi connectivity index (χ2v) is 9.19. The summed E-state index contributed by atoms with van der Waals surface area (Å²) in [6.07, 6.45) is 0.360. The normalized spacial score (nSPS) is 21.5. The largest absolute Gasteiger partial charge is 0.394 e. The molecule has 3 rings (SSSR count). The van der Waals surface area contributed by atoms with Crippen LogP contribution in [0.2, 0.25) is 0 Å². The number of amides is 1. The Kier molecular flexibility index (Phi) is 6.82. The van der Waals surface area contributed by atoms with E-state index in [1.807, 2.05) is 81.4 Å². The van der Waals surface area contributed by atoms with Crippen LogP contribution in [0.3, 0.4) is 0 Å². The van der Waals surface area contributed by atoms with Crippen molar-refractivity contribution in [3.05, 3.63) is 71.8 Å². The van der Waals surface area contributed by atoms with Gasteiger partial charge < -0.3 is 9.94 Å². The van der Waals surface area contributed by atoms with Crippen LogP contribution in [-0.2, 0) is 27.5 Å². The van der Waals surface area contributed by atoms with Crippen molar-refractivity contribution in [2.24, 2.45) is 5.41 Å². The summed E-state index contributed by atoms with van der Waals surface area (Å²) in [7, 11) is 0. The predicted molar refractivity (Wildman–Crippen MR) is 118 cm³/mol. The number of benzene rings is 2. The molecule has 0 spiro atoms. The van der Waals surface area contributed by atoms with Gasteiger partial charge in [0.25, 0.3) is 5.91 Å². The van der Waals surface area contributed by atoms with Crippen molar-refractivity contribution in [2.75, 3.05) is 6.61 Å². The molecular weight excluding hydrogens is 392 g/mol. The van der Waals surface area contributed by atoms with Crippen molar-refractivity contribution in [3.8, 4) is 0 Å². The number of hydrogen-bond acceptors (Lipinski definition) is 5. The molecule has 2 atom stereocenters. The lowest BCUT2D eigenvalue weighted by Crippen LogP contribution is -2.61. The summed E-state index contributed by atoms with van der Waals surface area (Å²) < 4.78 is 0. The van der Waals surface area contributed by atoms with Crippen LogP contribution < -0.4 is 0 Å². The lowest BCUT2D eigenvalue weighted by atomic mass is 9.70. The number of aliphatic hydroxyl groups excluding tert-OH is 1. The Morgan fingerprint density at radius 3 is 1.94 bits per heavy atom. The molecular formula is C25H32N2O4. The number of carbonyl (C=O) groups excluding carboxylic acids is 2. The average Bonchev–Trinajstić information content (AvgIpc) is 3.01. The summed E-state index contributed by atoms with van der Waals surface area (Å²) in [6.45, 7) is 8.17. The first-order chi connectivity index (χ1) is 14.7. The maximum absolute atomic E-state index is 13.9. The van der Waals surface area contributed by atoms with E-state index in [9.17, 15) is 14.7 Å². The average molecular weight is 425 g/mol. The van der Waals surface area contributed by atoms with E-state index in [0.29, 0.717) is 19.5 Å². The summed E-state index contributed by atoms with van der Waals surface area (Å²) in [5.41, 5.74) is 0.708. The van der Waals surface area contributed by atoms with Gasteiger partial charge in [-0.3, -0.25) is 14.5 Å². The van der Waals surface area contributed by atoms with Gasteiger partial charge in [-0.15, -0.1) is 0 Å². The van der Waals surface area contributed by atoms with Crippen molar-refractivity contribution in [1.82, 2.24) is 9.96 Å². The van der Waals surface area contributed by atoms with Crippen molar-refractivity contribution >= 4 is 11.9 Å². The van der Waals surface area contributed by atoms with Gasteiger partial charge in [0.1, 0.15) is 5.54 Å². The molecule has 1 aliphatic rings. The van der Waals surface area contributed by atoms with Crippen LogP contribution in [0.4, 0.5) is 0 Å². The lowest BCUT2D eigenvalue weighted by molar-refractivity contribution is -0.204. The van der Waals surface area contributed by atoms with Gasteiger partial charge in [0, 0.05) is 26.4 Å². The van der Waals surface area contributed by atoms with Crippen LogP contribution in [0.5, 0.6) is 0 Å². The SMILES string of the molecule is CC(=O)ON1C(=O)[C@@](N(Cc2ccccc2)Cc2ccccc2)(C(C)(C)C)C[C@H]1CO. The second-order valence-electron chi connectivity index (χ2n) is 9.19. The Morgan fingerprint density at radius 1 is 1.06 bits per heavy atom. The van der Waals surface area contributed by atoms with Gasteiger partial charge >= 0.3 is 5.97 Å². The van der Waals surface area contributed by atoms with Crippen LogP contribution in [0.15, 0.2) is 60.7 Å². The maximum Gasteiger partial charge on any atom is 0.329 e. The minimum Gasteiger partial charge on any atom is -0.394 e. The fourth-order valence-corrected chi connectivity index (χ4v) is 4.55. The molecule has 1 aliphatic heterocycles. The summed E-state index contributed by atoms with van der Waals surface area (Å²) in [4.78, 5) is 33.1. The van der Waals surface area contributed by atoms with E-state index in [2.05, 4.69) is 4.90 Å². The Morgan fingerprint density at radius 2 is 1.55 bits per heavy atom. The molecule has 6 nitrogen and oxygen atoms in total. The summed E-state index contributed by atoms with van der Waals surface area (Å²) in [5.74, 6) is -0.865. The number of nitrogens with zero attached hydrogens (tertiary/aromatic N) is 2. The highest BCUT2D eigenvalue weighted by atomic mass is 16.7. The van der Waals surface area contributed by atoms with Crippen LogP contribution in [0.1, 0.15) is 45.2 Å². The smallest absolute Gasteiger partial charge is 0.329 e. The Balaban J connectivity index is 2.10. The lowest BCUT2D eigenvalue weighted by Gasteiger charge is -2.48. The molecule has 31 heavy (non-hydrogen) atoms. The van der Waals surface area contributed by atoms with Gasteiger partial charge in [0.2, 0.25) is 0 Å². The Bertz CT molecular complexity index is 853. The molecule has 2 aromatic carbocycles. The molecule has 1 amide bonds. The van der Waals surface area contributed by atoms with Gasteiger partial charge in [-0.2, -0.15) is 5.06 Å². The topological polar surface area (TPSA) is 70.1 Å². The molecule has 0 unspecified atom stereocenters. The fourth-order valence-electron chi connectivity index (χ4n) is 4.55. The third-order valence-electron chi connectivity index (χ3n) is 6.07. The molecule has 166 valence electrons. The fraction of sp³-hybridized carbons (Fsp3) is 0.440. The minimum absolute atomic E-state index is 0.276. The molecule has 0 aliphatic carbocycles. The van der Waals surface area contributed by atoms with Gasteiger partial charge in [0.15, 0.2) is 0 Å². The van der Waals surface area contributed by atoms with E-state index < -0.39 is 23.0 Å². The van der Waals surface area contributed by atoms with E-state index in [0.717, 1.165) is 16.2 Å². The zero-order valence-corrected chi connectivity index (χ0v) is 18.7. The van der Waals surface area contributed by atoms with E-state index >= 15 is 0 Å². The summed E-state index contributed by atoms with van der Waals surface area (Å²) >= 11 is 0. The highest BCUT2D eigenvalue weighted by Gasteiger charge is 2.62. The molecule has 1 heterocycles. The highest BCUT2D eigenvalue weighted by molar-refractivity contribution is 5.90. The molecule has 0 saturated carbocycles. The van der Waals surface area contributed by atoms with Gasteiger partial charge in [0.05, 0.1) is 12.6 Å². The predicted octanol–water partition coefficient (Wildman–Crippen LogP) is 3.55. The maximum atomic E-state index is 13.9. The highest BCUT2D eigenvalue weighted by Crippen LogP contribution is 2.47. The third kappa shape index (κ3) is 4.65. The number of aliphatic hydroxyl groups is 1. The zero-order chi connectivity index (χ0) is 22.6. The van der Waals surface area contributed by atoms with Crippen molar-refractivity contribution in [3.63, 3.8) is 0 Å². The van der Waals surface area contributed by atoms with Crippen LogP contribution in [0.25, 0.3) is 0 Å². The molecule has 6 heteroatoms. The zero-order valence-electron chi connectivity index (χ0n) is 18.7. The number of hydrogen-bond donors (Lipinski definition) is 1. The first-order valence-corrected chi connectivity index (χ1v) is 10.6.